The molecule has 8 heteroatoms. The molecule has 0 saturated heterocycles. The Hall–Kier alpha value is -2.64. The lowest BCUT2D eigenvalue weighted by molar-refractivity contribution is -0.385. The zero-order valence-corrected chi connectivity index (χ0v) is 9.31. The molecule has 1 unspecified atom stereocenters. The molecule has 2 heterocycles. The summed E-state index contributed by atoms with van der Waals surface area (Å²) in [6, 6.07) is 2.40. The fraction of sp³-hybridized carbons (Fsp3) is 0.200. The van der Waals surface area contributed by atoms with Gasteiger partial charge in [0.05, 0.1) is 4.92 Å². The Kier molecular flexibility index (Phi) is 2.84. The number of carbonyl (C=O) groups is 1. The molecule has 0 aliphatic carbocycles. The van der Waals surface area contributed by atoms with Crippen LogP contribution < -0.4 is 0 Å². The Bertz CT molecular complexity index is 548. The zero-order valence-electron chi connectivity index (χ0n) is 9.31. The van der Waals surface area contributed by atoms with Crippen LogP contribution in [0.2, 0.25) is 0 Å². The Morgan fingerprint density at radius 3 is 2.83 bits per heavy atom. The van der Waals surface area contributed by atoms with Crippen molar-refractivity contribution in [1.29, 1.82) is 0 Å². The van der Waals surface area contributed by atoms with Crippen molar-refractivity contribution in [3.8, 4) is 0 Å². The SMILES string of the molecule is CC(c1ccc(C(=O)O)o1)n1cc([N+](=O)[O-])cn1. The van der Waals surface area contributed by atoms with Gasteiger partial charge in [0, 0.05) is 0 Å². The maximum atomic E-state index is 10.7. The van der Waals surface area contributed by atoms with Gasteiger partial charge in [-0.25, -0.2) is 4.79 Å². The van der Waals surface area contributed by atoms with Crippen LogP contribution in [-0.4, -0.2) is 25.8 Å². The second-order valence-electron chi connectivity index (χ2n) is 3.62. The maximum absolute atomic E-state index is 10.7. The quantitative estimate of drug-likeness (QED) is 0.653. The highest BCUT2D eigenvalue weighted by Crippen LogP contribution is 2.21. The van der Waals surface area contributed by atoms with Crippen molar-refractivity contribution in [2.24, 2.45) is 0 Å². The number of carboxylic acids is 1. The molecular formula is C10H9N3O5. The number of carboxylic acid groups (broad SMARTS) is 1. The summed E-state index contributed by atoms with van der Waals surface area (Å²) in [4.78, 5) is 20.6. The Morgan fingerprint density at radius 2 is 2.33 bits per heavy atom. The monoisotopic (exact) mass is 251 g/mol. The van der Waals surface area contributed by atoms with E-state index in [-0.39, 0.29) is 11.4 Å². The zero-order chi connectivity index (χ0) is 13.3. The molecular weight excluding hydrogens is 242 g/mol. The highest BCUT2D eigenvalue weighted by Gasteiger charge is 2.18. The third-order valence-corrected chi connectivity index (χ3v) is 2.44. The number of rotatable bonds is 4. The molecule has 0 saturated carbocycles. The van der Waals surface area contributed by atoms with Gasteiger partial charge in [0.15, 0.2) is 0 Å². The molecule has 2 aromatic heterocycles. The van der Waals surface area contributed by atoms with Gasteiger partial charge >= 0.3 is 11.7 Å². The van der Waals surface area contributed by atoms with Crippen LogP contribution in [0.15, 0.2) is 28.9 Å². The average Bonchev–Trinajstić information content (AvgIpc) is 2.97. The normalized spacial score (nSPS) is 12.3. The molecule has 18 heavy (non-hydrogen) atoms. The molecule has 0 bridgehead atoms. The number of aromatic nitrogens is 2. The van der Waals surface area contributed by atoms with Crippen molar-refractivity contribution < 1.29 is 19.2 Å². The number of nitro groups is 1. The summed E-state index contributed by atoms with van der Waals surface area (Å²) in [6.07, 6.45) is 2.38. The van der Waals surface area contributed by atoms with Gasteiger partial charge in [0.25, 0.3) is 0 Å². The number of furan rings is 1. The first-order valence-electron chi connectivity index (χ1n) is 5.00. The van der Waals surface area contributed by atoms with Gasteiger partial charge in [0.2, 0.25) is 5.76 Å². The van der Waals surface area contributed by atoms with E-state index in [1.165, 1.54) is 23.0 Å². The van der Waals surface area contributed by atoms with Crippen LogP contribution in [0, 0.1) is 10.1 Å². The van der Waals surface area contributed by atoms with E-state index in [1.807, 2.05) is 0 Å². The van der Waals surface area contributed by atoms with Crippen LogP contribution in [0.4, 0.5) is 5.69 Å². The molecule has 1 N–H and O–H groups in total. The summed E-state index contributed by atoms with van der Waals surface area (Å²) in [5.74, 6) is -0.983. The summed E-state index contributed by atoms with van der Waals surface area (Å²) < 4.78 is 6.44. The summed E-state index contributed by atoms with van der Waals surface area (Å²) in [7, 11) is 0. The molecule has 0 aliphatic rings. The van der Waals surface area contributed by atoms with E-state index >= 15 is 0 Å². The molecule has 2 aromatic rings. The lowest BCUT2D eigenvalue weighted by atomic mass is 10.2. The van der Waals surface area contributed by atoms with E-state index in [4.69, 9.17) is 9.52 Å². The average molecular weight is 251 g/mol. The Balaban J connectivity index is 2.26. The van der Waals surface area contributed by atoms with Crippen LogP contribution >= 0.6 is 0 Å². The van der Waals surface area contributed by atoms with E-state index in [9.17, 15) is 14.9 Å². The van der Waals surface area contributed by atoms with Crippen LogP contribution in [0.3, 0.4) is 0 Å². The summed E-state index contributed by atoms with van der Waals surface area (Å²) in [5.41, 5.74) is -0.133. The van der Waals surface area contributed by atoms with E-state index in [1.54, 1.807) is 6.92 Å². The second-order valence-corrected chi connectivity index (χ2v) is 3.62. The second kappa shape index (κ2) is 4.32. The summed E-state index contributed by atoms with van der Waals surface area (Å²) >= 11 is 0. The largest absolute Gasteiger partial charge is 0.475 e. The molecule has 1 atom stereocenters. The maximum Gasteiger partial charge on any atom is 0.371 e. The fourth-order valence-corrected chi connectivity index (χ4v) is 1.46. The van der Waals surface area contributed by atoms with Crippen molar-refractivity contribution in [2.45, 2.75) is 13.0 Å². The van der Waals surface area contributed by atoms with Gasteiger partial charge in [0.1, 0.15) is 24.2 Å². The number of hydrogen-bond donors (Lipinski definition) is 1. The minimum atomic E-state index is -1.17. The minimum Gasteiger partial charge on any atom is -0.475 e. The lowest BCUT2D eigenvalue weighted by Crippen LogP contribution is -2.06. The highest BCUT2D eigenvalue weighted by molar-refractivity contribution is 5.84. The first-order valence-corrected chi connectivity index (χ1v) is 5.00. The van der Waals surface area contributed by atoms with Crippen LogP contribution in [-0.2, 0) is 0 Å². The standard InChI is InChI=1S/C10H9N3O5/c1-6(8-2-3-9(18-8)10(14)15)12-5-7(4-11-12)13(16)17/h2-6H,1H3,(H,14,15). The van der Waals surface area contributed by atoms with Crippen molar-refractivity contribution in [2.75, 3.05) is 0 Å². The number of nitrogens with zero attached hydrogens (tertiary/aromatic N) is 3. The van der Waals surface area contributed by atoms with E-state index in [0.717, 1.165) is 6.20 Å². The molecule has 0 spiro atoms. The van der Waals surface area contributed by atoms with Gasteiger partial charge in [-0.2, -0.15) is 5.10 Å². The first kappa shape index (κ1) is 11.8. The molecule has 2 rings (SSSR count). The summed E-state index contributed by atoms with van der Waals surface area (Å²) in [5, 5.41) is 23.1. The van der Waals surface area contributed by atoms with Crippen LogP contribution in [0.5, 0.6) is 0 Å². The Labute approximate surface area is 101 Å². The molecule has 0 aromatic carbocycles. The molecule has 94 valence electrons. The van der Waals surface area contributed by atoms with Crippen molar-refractivity contribution in [1.82, 2.24) is 9.78 Å². The molecule has 0 amide bonds. The minimum absolute atomic E-state index is 0.133. The highest BCUT2D eigenvalue weighted by atomic mass is 16.6. The van der Waals surface area contributed by atoms with Crippen LogP contribution in [0.1, 0.15) is 29.3 Å². The topological polar surface area (TPSA) is 111 Å². The summed E-state index contributed by atoms with van der Waals surface area (Å²) in [6.45, 7) is 1.70. The van der Waals surface area contributed by atoms with Crippen molar-refractivity contribution in [3.05, 3.63) is 46.2 Å². The predicted octanol–water partition coefficient (Wildman–Crippen LogP) is 1.69. The van der Waals surface area contributed by atoms with Crippen molar-refractivity contribution >= 4 is 11.7 Å². The predicted molar refractivity (Wildman–Crippen MR) is 58.4 cm³/mol. The molecule has 0 aliphatic heterocycles. The van der Waals surface area contributed by atoms with Gasteiger partial charge in [-0.3, -0.25) is 14.8 Å². The number of hydrogen-bond acceptors (Lipinski definition) is 5. The van der Waals surface area contributed by atoms with Gasteiger partial charge in [-0.05, 0) is 19.1 Å². The number of aromatic carboxylic acids is 1. The van der Waals surface area contributed by atoms with Gasteiger partial charge in [-0.15, -0.1) is 0 Å². The first-order chi connectivity index (χ1) is 8.49. The fourth-order valence-electron chi connectivity index (χ4n) is 1.46. The van der Waals surface area contributed by atoms with Gasteiger partial charge < -0.3 is 9.52 Å². The van der Waals surface area contributed by atoms with Crippen LogP contribution in [0.25, 0.3) is 0 Å². The van der Waals surface area contributed by atoms with E-state index in [0.29, 0.717) is 5.76 Å². The van der Waals surface area contributed by atoms with Crippen molar-refractivity contribution in [3.63, 3.8) is 0 Å². The molecule has 0 fully saturated rings. The Morgan fingerprint density at radius 1 is 1.61 bits per heavy atom. The lowest BCUT2D eigenvalue weighted by Gasteiger charge is -2.07. The van der Waals surface area contributed by atoms with E-state index < -0.39 is 16.9 Å². The van der Waals surface area contributed by atoms with Gasteiger partial charge in [-0.1, -0.05) is 0 Å². The smallest absolute Gasteiger partial charge is 0.371 e. The molecule has 8 nitrogen and oxygen atoms in total. The molecule has 0 radical (unpaired) electrons. The third-order valence-electron chi connectivity index (χ3n) is 2.44. The third kappa shape index (κ3) is 2.08. The van der Waals surface area contributed by atoms with E-state index in [2.05, 4.69) is 5.10 Å².